The van der Waals surface area contributed by atoms with Crippen molar-refractivity contribution < 1.29 is 31.6 Å². The van der Waals surface area contributed by atoms with Crippen molar-refractivity contribution in [2.45, 2.75) is 58.8 Å². The minimum atomic E-state index is -0.0986. The number of hydrogen-bond donors (Lipinski definition) is 1. The maximum atomic E-state index is 10.4. The predicted octanol–water partition coefficient (Wildman–Crippen LogP) is 5.72. The molecule has 1 aromatic carbocycles. The van der Waals surface area contributed by atoms with E-state index in [1.165, 1.54) is 0 Å². The molecule has 1 aliphatic carbocycles. The molecule has 0 aromatic heterocycles. The summed E-state index contributed by atoms with van der Waals surface area (Å²) >= 11 is 0. The maximum Gasteiger partial charge on any atom is 0.123 e. The number of aromatic hydroxyl groups is 1. The van der Waals surface area contributed by atoms with Gasteiger partial charge in [-0.15, -0.1) is 18.8 Å². The second kappa shape index (κ2) is 10.3. The van der Waals surface area contributed by atoms with Crippen LogP contribution in [0.3, 0.4) is 0 Å². The summed E-state index contributed by atoms with van der Waals surface area (Å²) in [4.78, 5) is 0. The summed E-state index contributed by atoms with van der Waals surface area (Å²) in [7, 11) is 1.66. The molecule has 0 heterocycles. The molecular weight excluding hydrogens is 356 g/mol. The molecule has 0 amide bonds. The van der Waals surface area contributed by atoms with Crippen LogP contribution in [0.5, 0.6) is 11.5 Å². The minimum Gasteiger partial charge on any atom is -0.507 e. The quantitative estimate of drug-likeness (QED) is 0.495. The molecule has 1 aromatic rings. The molecule has 0 saturated heterocycles. The van der Waals surface area contributed by atoms with E-state index in [0.29, 0.717) is 5.75 Å². The zero-order chi connectivity index (χ0) is 17.0. The maximum absolute atomic E-state index is 10.4. The van der Waals surface area contributed by atoms with Crippen molar-refractivity contribution in [3.63, 3.8) is 0 Å². The Kier molecular flexibility index (Phi) is 11.0. The van der Waals surface area contributed by atoms with Gasteiger partial charge >= 0.3 is 0 Å². The van der Waals surface area contributed by atoms with Crippen LogP contribution in [0.1, 0.15) is 59.1 Å². The van der Waals surface area contributed by atoms with Gasteiger partial charge in [0, 0.05) is 32.8 Å². The summed E-state index contributed by atoms with van der Waals surface area (Å²) in [6.07, 6.45) is 10.0. The molecule has 2 nitrogen and oxygen atoms in total. The molecule has 0 radical (unpaired) electrons. The molecule has 0 spiro atoms. The Morgan fingerprint density at radius 1 is 1.00 bits per heavy atom. The van der Waals surface area contributed by atoms with Gasteiger partial charge in [-0.25, -0.2) is 12.2 Å². The Hall–Kier alpha value is -0.696. The van der Waals surface area contributed by atoms with Gasteiger partial charge in [0.15, 0.2) is 0 Å². The Morgan fingerprint density at radius 3 is 1.67 bits per heavy atom. The summed E-state index contributed by atoms with van der Waals surface area (Å²) in [6, 6.07) is 3.84. The number of phenolic OH excluding ortho intramolecular Hbond substituents is 1. The molecule has 0 fully saturated rings. The number of allylic oxidation sites excluding steroid dienone is 4. The van der Waals surface area contributed by atoms with Crippen molar-refractivity contribution in [3.05, 3.63) is 47.6 Å². The van der Waals surface area contributed by atoms with Crippen molar-refractivity contribution in [3.8, 4) is 11.5 Å². The van der Waals surface area contributed by atoms with Crippen molar-refractivity contribution in [2.75, 3.05) is 7.11 Å². The predicted molar refractivity (Wildman–Crippen MR) is 101 cm³/mol. The molecule has 134 valence electrons. The summed E-state index contributed by atoms with van der Waals surface area (Å²) in [5.41, 5.74) is 1.67. The Labute approximate surface area is 168 Å². The SMILES string of the molecule is COc1cc(C(C)(C)C)c(O)c(C(C)(C)C)c1.Cl.[C-]1=CC=CC1.[Ti]. The number of halogens is 1. The summed E-state index contributed by atoms with van der Waals surface area (Å²) in [6.45, 7) is 12.5. The van der Waals surface area contributed by atoms with Gasteiger partial charge in [0.2, 0.25) is 0 Å². The van der Waals surface area contributed by atoms with Gasteiger partial charge in [-0.1, -0.05) is 41.5 Å². The van der Waals surface area contributed by atoms with Gasteiger partial charge < -0.3 is 9.84 Å². The van der Waals surface area contributed by atoms with E-state index in [4.69, 9.17) is 4.74 Å². The zero-order valence-electron chi connectivity index (χ0n) is 15.9. The molecule has 0 bridgehead atoms. The van der Waals surface area contributed by atoms with Crippen molar-refractivity contribution in [1.82, 2.24) is 0 Å². The van der Waals surface area contributed by atoms with Crippen LogP contribution in [0, 0.1) is 6.08 Å². The van der Waals surface area contributed by atoms with E-state index in [-0.39, 0.29) is 45.0 Å². The van der Waals surface area contributed by atoms with Gasteiger partial charge in [0.1, 0.15) is 11.5 Å². The number of rotatable bonds is 1. The van der Waals surface area contributed by atoms with Crippen molar-refractivity contribution >= 4 is 12.4 Å². The van der Waals surface area contributed by atoms with Crippen LogP contribution in [-0.4, -0.2) is 12.2 Å². The molecule has 0 saturated carbocycles. The van der Waals surface area contributed by atoms with Gasteiger partial charge in [-0.05, 0) is 23.0 Å². The Bertz CT molecular complexity index is 519. The minimum absolute atomic E-state index is 0. The van der Waals surface area contributed by atoms with E-state index in [1.807, 2.05) is 24.3 Å². The first-order chi connectivity index (χ1) is 10.1. The van der Waals surface area contributed by atoms with Gasteiger partial charge in [-0.3, -0.25) is 6.08 Å². The smallest absolute Gasteiger partial charge is 0.123 e. The van der Waals surface area contributed by atoms with E-state index in [0.717, 1.165) is 23.3 Å². The third kappa shape index (κ3) is 7.46. The van der Waals surface area contributed by atoms with E-state index in [2.05, 4.69) is 53.7 Å². The average Bonchev–Trinajstić information content (AvgIpc) is 2.95. The molecule has 0 atom stereocenters. The van der Waals surface area contributed by atoms with Crippen LogP contribution < -0.4 is 4.74 Å². The fourth-order valence-electron chi connectivity index (χ4n) is 2.21. The normalized spacial score (nSPS) is 12.6. The number of methoxy groups -OCH3 is 1. The molecular formula is C20H30ClO2Ti-. The summed E-state index contributed by atoms with van der Waals surface area (Å²) < 4.78 is 5.33. The van der Waals surface area contributed by atoms with Crippen LogP contribution in [0.4, 0.5) is 0 Å². The van der Waals surface area contributed by atoms with E-state index < -0.39 is 0 Å². The van der Waals surface area contributed by atoms with Crippen molar-refractivity contribution in [2.24, 2.45) is 0 Å². The zero-order valence-corrected chi connectivity index (χ0v) is 18.2. The average molecular weight is 386 g/mol. The first-order valence-electron chi connectivity index (χ1n) is 7.71. The van der Waals surface area contributed by atoms with Crippen LogP contribution >= 0.6 is 12.4 Å². The molecule has 1 N–H and O–H groups in total. The standard InChI is InChI=1S/C15H24O2.C5H5.ClH.Ti/c1-14(2,3)11-8-10(17-7)9-12(13(11)16)15(4,5)6;1-2-4-5-3-1;;/h8-9,16H,1-7H3;1-3H,4H2;1H;/q;-1;;. The largest absolute Gasteiger partial charge is 0.507 e. The topological polar surface area (TPSA) is 29.5 Å². The van der Waals surface area contributed by atoms with Crippen LogP contribution in [0.25, 0.3) is 0 Å². The summed E-state index contributed by atoms with van der Waals surface area (Å²) in [5, 5.41) is 10.4. The third-order valence-electron chi connectivity index (χ3n) is 3.52. The molecule has 0 unspecified atom stereocenters. The third-order valence-corrected chi connectivity index (χ3v) is 3.52. The number of phenols is 1. The molecule has 0 aliphatic heterocycles. The van der Waals surface area contributed by atoms with Crippen molar-refractivity contribution in [1.29, 1.82) is 0 Å². The van der Waals surface area contributed by atoms with Gasteiger partial charge in [-0.2, -0.15) is 6.08 Å². The Morgan fingerprint density at radius 2 is 1.46 bits per heavy atom. The molecule has 2 rings (SSSR count). The molecule has 4 heteroatoms. The summed E-state index contributed by atoms with van der Waals surface area (Å²) in [5.74, 6) is 1.20. The second-order valence-corrected chi connectivity index (χ2v) is 7.57. The van der Waals surface area contributed by atoms with Crippen LogP contribution in [0.15, 0.2) is 30.4 Å². The fraction of sp³-hybridized carbons (Fsp3) is 0.500. The second-order valence-electron chi connectivity index (χ2n) is 7.57. The van der Waals surface area contributed by atoms with E-state index in [9.17, 15) is 5.11 Å². The van der Waals surface area contributed by atoms with E-state index in [1.54, 1.807) is 7.11 Å². The van der Waals surface area contributed by atoms with Gasteiger partial charge in [0.05, 0.1) is 7.11 Å². The first kappa shape index (κ1) is 25.5. The van der Waals surface area contributed by atoms with Gasteiger partial charge in [0.25, 0.3) is 0 Å². The van der Waals surface area contributed by atoms with Crippen LogP contribution in [-0.2, 0) is 32.5 Å². The first-order valence-corrected chi connectivity index (χ1v) is 7.71. The monoisotopic (exact) mass is 385 g/mol. The fourth-order valence-corrected chi connectivity index (χ4v) is 2.21. The molecule has 24 heavy (non-hydrogen) atoms. The van der Waals surface area contributed by atoms with E-state index >= 15 is 0 Å². The number of ether oxygens (including phenoxy) is 1. The Balaban J connectivity index is 0. The molecule has 1 aliphatic rings. The number of hydrogen-bond acceptors (Lipinski definition) is 2. The van der Waals surface area contributed by atoms with Crippen LogP contribution in [0.2, 0.25) is 0 Å². The number of benzene rings is 1.